The van der Waals surface area contributed by atoms with Gasteiger partial charge in [-0.2, -0.15) is 0 Å². The molecule has 0 heterocycles. The normalized spacial score (nSPS) is 12.0. The monoisotopic (exact) mass is 200 g/mol. The molecule has 0 aliphatic rings. The number of carbonyl (C=O) groups is 1. The average molecular weight is 200 g/mol. The first-order chi connectivity index (χ1) is 6.22. The Morgan fingerprint density at radius 2 is 2.46 bits per heavy atom. The van der Waals surface area contributed by atoms with E-state index < -0.39 is 0 Å². The maximum absolute atomic E-state index is 10.8. The fourth-order valence-corrected chi connectivity index (χ4v) is 1.41. The van der Waals surface area contributed by atoms with Crippen LogP contribution in [-0.4, -0.2) is 30.0 Å². The Bertz CT molecular complexity index is 189. The van der Waals surface area contributed by atoms with Gasteiger partial charge < -0.3 is 11.1 Å². The molecule has 0 spiro atoms. The van der Waals surface area contributed by atoms with Crippen molar-refractivity contribution in [1.29, 1.82) is 0 Å². The number of terminal acetylenes is 1. The van der Waals surface area contributed by atoms with Crippen molar-refractivity contribution >= 4 is 17.7 Å². The fraction of sp³-hybridized carbons (Fsp3) is 0.667. The van der Waals surface area contributed by atoms with Gasteiger partial charge in [0.15, 0.2) is 0 Å². The quantitative estimate of drug-likeness (QED) is 0.456. The molecule has 1 amide bonds. The average Bonchev–Trinajstić information content (AvgIpc) is 2.10. The fourth-order valence-electron chi connectivity index (χ4n) is 0.883. The molecule has 74 valence electrons. The molecular weight excluding hydrogens is 184 g/mol. The van der Waals surface area contributed by atoms with Gasteiger partial charge >= 0.3 is 0 Å². The zero-order valence-corrected chi connectivity index (χ0v) is 8.69. The Balaban J connectivity index is 3.40. The Morgan fingerprint density at radius 3 is 2.92 bits per heavy atom. The van der Waals surface area contributed by atoms with Gasteiger partial charge in [0.25, 0.3) is 0 Å². The third kappa shape index (κ3) is 6.50. The molecule has 13 heavy (non-hydrogen) atoms. The van der Waals surface area contributed by atoms with Crippen molar-refractivity contribution < 1.29 is 4.79 Å². The van der Waals surface area contributed by atoms with E-state index in [1.54, 1.807) is 11.8 Å². The predicted octanol–water partition coefficient (Wildman–Crippen LogP) is 0.206. The number of carbonyl (C=O) groups excluding carboxylic acids is 1. The SMILES string of the molecule is C#CCSCCNC(CC)C(N)=O. The van der Waals surface area contributed by atoms with Crippen molar-refractivity contribution in [3.8, 4) is 12.3 Å². The van der Waals surface area contributed by atoms with Crippen LogP contribution in [-0.2, 0) is 4.79 Å². The zero-order chi connectivity index (χ0) is 10.1. The number of nitrogens with two attached hydrogens (primary N) is 1. The Morgan fingerprint density at radius 1 is 1.77 bits per heavy atom. The van der Waals surface area contributed by atoms with Crippen LogP contribution in [0.5, 0.6) is 0 Å². The lowest BCUT2D eigenvalue weighted by molar-refractivity contribution is -0.120. The minimum Gasteiger partial charge on any atom is -0.368 e. The molecule has 0 aromatic heterocycles. The molecule has 0 aromatic rings. The van der Waals surface area contributed by atoms with Crippen molar-refractivity contribution in [2.75, 3.05) is 18.1 Å². The zero-order valence-electron chi connectivity index (χ0n) is 7.88. The maximum atomic E-state index is 10.8. The van der Waals surface area contributed by atoms with E-state index in [-0.39, 0.29) is 11.9 Å². The van der Waals surface area contributed by atoms with Crippen LogP contribution in [0.25, 0.3) is 0 Å². The first-order valence-electron chi connectivity index (χ1n) is 4.26. The molecule has 0 aliphatic carbocycles. The molecule has 0 saturated heterocycles. The van der Waals surface area contributed by atoms with Gasteiger partial charge in [0.05, 0.1) is 11.8 Å². The summed E-state index contributed by atoms with van der Waals surface area (Å²) in [7, 11) is 0. The van der Waals surface area contributed by atoms with Crippen LogP contribution in [0.1, 0.15) is 13.3 Å². The molecule has 4 heteroatoms. The Labute approximate surface area is 83.8 Å². The van der Waals surface area contributed by atoms with Crippen molar-refractivity contribution in [2.24, 2.45) is 5.73 Å². The Hall–Kier alpha value is -0.660. The summed E-state index contributed by atoms with van der Waals surface area (Å²) >= 11 is 1.67. The van der Waals surface area contributed by atoms with Crippen LogP contribution in [0.3, 0.4) is 0 Å². The molecule has 0 rings (SSSR count). The summed E-state index contributed by atoms with van der Waals surface area (Å²) < 4.78 is 0. The van der Waals surface area contributed by atoms with Crippen molar-refractivity contribution in [3.05, 3.63) is 0 Å². The number of rotatable bonds is 7. The van der Waals surface area contributed by atoms with E-state index in [0.29, 0.717) is 0 Å². The lowest BCUT2D eigenvalue weighted by Crippen LogP contribution is -2.41. The summed E-state index contributed by atoms with van der Waals surface area (Å²) in [6.45, 7) is 2.70. The highest BCUT2D eigenvalue weighted by Crippen LogP contribution is 1.96. The van der Waals surface area contributed by atoms with E-state index in [1.807, 2.05) is 6.92 Å². The third-order valence-electron chi connectivity index (χ3n) is 1.57. The van der Waals surface area contributed by atoms with Crippen molar-refractivity contribution in [1.82, 2.24) is 5.32 Å². The second kappa shape index (κ2) is 7.96. The molecule has 3 N–H and O–H groups in total. The van der Waals surface area contributed by atoms with Crippen LogP contribution >= 0.6 is 11.8 Å². The second-order valence-corrected chi connectivity index (χ2v) is 3.68. The summed E-state index contributed by atoms with van der Waals surface area (Å²) in [5, 5.41) is 3.06. The van der Waals surface area contributed by atoms with E-state index >= 15 is 0 Å². The molecule has 0 aromatic carbocycles. The number of nitrogens with one attached hydrogen (secondary N) is 1. The van der Waals surface area contributed by atoms with Gasteiger partial charge in [-0.15, -0.1) is 18.2 Å². The van der Waals surface area contributed by atoms with Gasteiger partial charge in [-0.05, 0) is 6.42 Å². The summed E-state index contributed by atoms with van der Waals surface area (Å²) in [5.41, 5.74) is 5.15. The van der Waals surface area contributed by atoms with E-state index in [1.165, 1.54) is 0 Å². The molecule has 0 radical (unpaired) electrons. The highest BCUT2D eigenvalue weighted by molar-refractivity contribution is 7.99. The van der Waals surface area contributed by atoms with Crippen molar-refractivity contribution in [2.45, 2.75) is 19.4 Å². The summed E-state index contributed by atoms with van der Waals surface area (Å²) in [5.74, 6) is 3.88. The topological polar surface area (TPSA) is 55.1 Å². The Kier molecular flexibility index (Phi) is 7.56. The molecule has 3 nitrogen and oxygen atoms in total. The van der Waals surface area contributed by atoms with E-state index in [9.17, 15) is 4.79 Å². The first kappa shape index (κ1) is 12.3. The van der Waals surface area contributed by atoms with E-state index in [4.69, 9.17) is 12.2 Å². The largest absolute Gasteiger partial charge is 0.368 e. The second-order valence-electron chi connectivity index (χ2n) is 2.57. The van der Waals surface area contributed by atoms with E-state index in [0.717, 1.165) is 24.5 Å². The number of hydrogen-bond donors (Lipinski definition) is 2. The van der Waals surface area contributed by atoms with Gasteiger partial charge in [-0.25, -0.2) is 0 Å². The first-order valence-corrected chi connectivity index (χ1v) is 5.41. The highest BCUT2D eigenvalue weighted by Gasteiger charge is 2.10. The number of amides is 1. The summed E-state index contributed by atoms with van der Waals surface area (Å²) in [6, 6.07) is -0.202. The smallest absolute Gasteiger partial charge is 0.234 e. The summed E-state index contributed by atoms with van der Waals surface area (Å²) in [4.78, 5) is 10.8. The standard InChI is InChI=1S/C9H16N2OS/c1-3-6-13-7-5-11-8(4-2)9(10)12/h1,8,11H,4-7H2,2H3,(H2,10,12). The summed E-state index contributed by atoms with van der Waals surface area (Å²) in [6.07, 6.45) is 5.81. The molecule has 1 unspecified atom stereocenters. The van der Waals surface area contributed by atoms with Gasteiger partial charge in [-0.1, -0.05) is 12.8 Å². The van der Waals surface area contributed by atoms with Crippen molar-refractivity contribution in [3.63, 3.8) is 0 Å². The van der Waals surface area contributed by atoms with Gasteiger partial charge in [0.2, 0.25) is 5.91 Å². The lowest BCUT2D eigenvalue weighted by Gasteiger charge is -2.11. The molecule has 1 atom stereocenters. The molecule has 0 fully saturated rings. The van der Waals surface area contributed by atoms with Crippen LogP contribution in [0.15, 0.2) is 0 Å². The number of thioether (sulfide) groups is 1. The van der Waals surface area contributed by atoms with Crippen LogP contribution < -0.4 is 11.1 Å². The highest BCUT2D eigenvalue weighted by atomic mass is 32.2. The lowest BCUT2D eigenvalue weighted by atomic mass is 10.2. The van der Waals surface area contributed by atoms with Gasteiger partial charge in [0, 0.05) is 12.3 Å². The molecule has 0 aliphatic heterocycles. The molecule has 0 saturated carbocycles. The van der Waals surface area contributed by atoms with Crippen LogP contribution in [0.4, 0.5) is 0 Å². The maximum Gasteiger partial charge on any atom is 0.234 e. The van der Waals surface area contributed by atoms with Gasteiger partial charge in [0.1, 0.15) is 0 Å². The minimum atomic E-state index is -0.288. The predicted molar refractivity (Wildman–Crippen MR) is 57.4 cm³/mol. The van der Waals surface area contributed by atoms with Crippen LogP contribution in [0, 0.1) is 12.3 Å². The van der Waals surface area contributed by atoms with E-state index in [2.05, 4.69) is 11.2 Å². The number of primary amides is 1. The third-order valence-corrected chi connectivity index (χ3v) is 2.44. The van der Waals surface area contributed by atoms with Crippen LogP contribution in [0.2, 0.25) is 0 Å². The molecule has 0 bridgehead atoms. The minimum absolute atomic E-state index is 0.202. The van der Waals surface area contributed by atoms with Gasteiger partial charge in [-0.3, -0.25) is 4.79 Å². The number of hydrogen-bond acceptors (Lipinski definition) is 3. The molecular formula is C9H16N2OS.